The Balaban J connectivity index is 2.09. The van der Waals surface area contributed by atoms with Crippen LogP contribution in [0.1, 0.15) is 23.6 Å². The van der Waals surface area contributed by atoms with Crippen molar-refractivity contribution in [3.05, 3.63) is 71.0 Å². The molecule has 0 bridgehead atoms. The summed E-state index contributed by atoms with van der Waals surface area (Å²) in [6.45, 7) is 6.08. The third-order valence-electron chi connectivity index (χ3n) is 3.76. The molecule has 0 aliphatic rings. The molecule has 1 atom stereocenters. The highest BCUT2D eigenvalue weighted by molar-refractivity contribution is 5.24. The van der Waals surface area contributed by atoms with E-state index in [2.05, 4.69) is 43.4 Å². The molecule has 2 aromatic carbocycles. The molecule has 0 aromatic heterocycles. The Morgan fingerprint density at radius 3 is 2.57 bits per heavy atom. The van der Waals surface area contributed by atoms with Crippen molar-refractivity contribution in [2.75, 3.05) is 13.1 Å². The number of rotatable bonds is 7. The van der Waals surface area contributed by atoms with Crippen LogP contribution in [0.15, 0.2) is 48.5 Å². The maximum Gasteiger partial charge on any atom is 0.126 e. The predicted molar refractivity (Wildman–Crippen MR) is 87.0 cm³/mol. The number of nitrogens with one attached hydrogen (secondary N) is 1. The maximum absolute atomic E-state index is 13.9. The molecule has 0 radical (unpaired) electrons. The Morgan fingerprint density at radius 2 is 1.86 bits per heavy atom. The van der Waals surface area contributed by atoms with Gasteiger partial charge in [-0.15, -0.1) is 0 Å². The van der Waals surface area contributed by atoms with Crippen LogP contribution >= 0.6 is 0 Å². The van der Waals surface area contributed by atoms with Gasteiger partial charge in [-0.2, -0.15) is 0 Å². The quantitative estimate of drug-likeness (QED) is 0.806. The van der Waals surface area contributed by atoms with Crippen LogP contribution in [-0.4, -0.2) is 13.1 Å². The molecule has 2 rings (SSSR count). The molecule has 1 unspecified atom stereocenters. The smallest absolute Gasteiger partial charge is 0.126 e. The maximum atomic E-state index is 13.9. The van der Waals surface area contributed by atoms with E-state index < -0.39 is 0 Å². The van der Waals surface area contributed by atoms with E-state index in [4.69, 9.17) is 0 Å². The Morgan fingerprint density at radius 1 is 1.05 bits per heavy atom. The van der Waals surface area contributed by atoms with E-state index in [0.717, 1.165) is 31.5 Å². The lowest BCUT2D eigenvalue weighted by atomic mass is 9.91. The highest BCUT2D eigenvalue weighted by Crippen LogP contribution is 2.17. The van der Waals surface area contributed by atoms with Gasteiger partial charge in [0.2, 0.25) is 0 Å². The van der Waals surface area contributed by atoms with Crippen molar-refractivity contribution in [3.63, 3.8) is 0 Å². The Bertz CT molecular complexity index is 565. The fourth-order valence-electron chi connectivity index (χ4n) is 2.71. The molecule has 0 spiro atoms. The molecule has 2 heteroatoms. The topological polar surface area (TPSA) is 12.0 Å². The molecule has 2 aromatic rings. The van der Waals surface area contributed by atoms with Crippen molar-refractivity contribution in [1.82, 2.24) is 5.32 Å². The average molecular weight is 285 g/mol. The highest BCUT2D eigenvalue weighted by Gasteiger charge is 2.13. The first-order valence-electron chi connectivity index (χ1n) is 7.68. The lowest BCUT2D eigenvalue weighted by molar-refractivity contribution is 0.467. The molecule has 21 heavy (non-hydrogen) atoms. The molecular formula is C19H24FN. The van der Waals surface area contributed by atoms with Crippen molar-refractivity contribution in [2.24, 2.45) is 5.92 Å². The Hall–Kier alpha value is -1.67. The molecule has 1 N–H and O–H groups in total. The number of halogens is 1. The summed E-state index contributed by atoms with van der Waals surface area (Å²) >= 11 is 0. The first-order valence-corrected chi connectivity index (χ1v) is 7.68. The summed E-state index contributed by atoms with van der Waals surface area (Å²) in [6, 6.07) is 15.7. The van der Waals surface area contributed by atoms with E-state index in [1.807, 2.05) is 12.1 Å². The molecule has 1 nitrogen and oxygen atoms in total. The van der Waals surface area contributed by atoms with Crippen LogP contribution < -0.4 is 5.32 Å². The zero-order valence-corrected chi connectivity index (χ0v) is 12.9. The summed E-state index contributed by atoms with van der Waals surface area (Å²) in [6.07, 6.45) is 1.75. The summed E-state index contributed by atoms with van der Waals surface area (Å²) in [5.41, 5.74) is 3.42. The minimum atomic E-state index is -0.0942. The van der Waals surface area contributed by atoms with Gasteiger partial charge in [-0.1, -0.05) is 55.0 Å². The van der Waals surface area contributed by atoms with Gasteiger partial charge in [-0.3, -0.25) is 0 Å². The van der Waals surface area contributed by atoms with Gasteiger partial charge in [0.05, 0.1) is 0 Å². The van der Waals surface area contributed by atoms with Gasteiger partial charge in [0.15, 0.2) is 0 Å². The van der Waals surface area contributed by atoms with E-state index in [0.29, 0.717) is 5.92 Å². The van der Waals surface area contributed by atoms with Crippen LogP contribution in [0.5, 0.6) is 0 Å². The first kappa shape index (κ1) is 15.7. The van der Waals surface area contributed by atoms with E-state index in [-0.39, 0.29) is 5.82 Å². The second-order valence-corrected chi connectivity index (χ2v) is 5.66. The van der Waals surface area contributed by atoms with Gasteiger partial charge in [0.1, 0.15) is 5.82 Å². The zero-order chi connectivity index (χ0) is 15.1. The number of benzene rings is 2. The lowest BCUT2D eigenvalue weighted by Crippen LogP contribution is -2.26. The second-order valence-electron chi connectivity index (χ2n) is 5.66. The summed E-state index contributed by atoms with van der Waals surface area (Å²) in [7, 11) is 0. The van der Waals surface area contributed by atoms with Crippen molar-refractivity contribution < 1.29 is 4.39 Å². The van der Waals surface area contributed by atoms with Crippen LogP contribution in [0, 0.1) is 18.7 Å². The standard InChI is InChI=1S/C19H24FN/c1-3-21-14-17(12-16-8-6-7-15(2)11-16)13-18-9-4-5-10-19(18)20/h4-11,17,21H,3,12-14H2,1-2H3. The molecule has 0 saturated carbocycles. The van der Waals surface area contributed by atoms with E-state index >= 15 is 0 Å². The predicted octanol–water partition coefficient (Wildman–Crippen LogP) is 4.15. The number of hydrogen-bond donors (Lipinski definition) is 1. The summed E-state index contributed by atoms with van der Waals surface area (Å²) in [5, 5.41) is 3.40. The summed E-state index contributed by atoms with van der Waals surface area (Å²) in [5.74, 6) is 0.312. The van der Waals surface area contributed by atoms with Crippen LogP contribution in [0.4, 0.5) is 4.39 Å². The molecule has 0 fully saturated rings. The van der Waals surface area contributed by atoms with Gasteiger partial charge in [-0.05, 0) is 56.0 Å². The minimum absolute atomic E-state index is 0.0942. The van der Waals surface area contributed by atoms with Gasteiger partial charge in [0, 0.05) is 0 Å². The minimum Gasteiger partial charge on any atom is -0.317 e. The normalized spacial score (nSPS) is 12.3. The Kier molecular flexibility index (Phi) is 5.94. The van der Waals surface area contributed by atoms with Crippen molar-refractivity contribution >= 4 is 0 Å². The molecule has 0 saturated heterocycles. The number of aryl methyl sites for hydroxylation is 1. The monoisotopic (exact) mass is 285 g/mol. The van der Waals surface area contributed by atoms with Gasteiger partial charge in [0.25, 0.3) is 0 Å². The van der Waals surface area contributed by atoms with Crippen molar-refractivity contribution in [1.29, 1.82) is 0 Å². The van der Waals surface area contributed by atoms with E-state index in [1.165, 1.54) is 11.1 Å². The lowest BCUT2D eigenvalue weighted by Gasteiger charge is -2.18. The summed E-state index contributed by atoms with van der Waals surface area (Å²) < 4.78 is 13.9. The van der Waals surface area contributed by atoms with Gasteiger partial charge < -0.3 is 5.32 Å². The largest absolute Gasteiger partial charge is 0.317 e. The fourth-order valence-corrected chi connectivity index (χ4v) is 2.71. The van der Waals surface area contributed by atoms with Crippen LogP contribution in [0.3, 0.4) is 0 Å². The van der Waals surface area contributed by atoms with Crippen molar-refractivity contribution in [2.45, 2.75) is 26.7 Å². The average Bonchev–Trinajstić information content (AvgIpc) is 2.47. The molecule has 0 aliphatic heterocycles. The second kappa shape index (κ2) is 7.94. The van der Waals surface area contributed by atoms with Gasteiger partial charge >= 0.3 is 0 Å². The first-order chi connectivity index (χ1) is 10.2. The molecular weight excluding hydrogens is 261 g/mol. The SMILES string of the molecule is CCNCC(Cc1cccc(C)c1)Cc1ccccc1F. The van der Waals surface area contributed by atoms with Crippen LogP contribution in [0.25, 0.3) is 0 Å². The highest BCUT2D eigenvalue weighted by atomic mass is 19.1. The zero-order valence-electron chi connectivity index (χ0n) is 12.9. The molecule has 0 aliphatic carbocycles. The van der Waals surface area contributed by atoms with Crippen LogP contribution in [-0.2, 0) is 12.8 Å². The summed E-state index contributed by atoms with van der Waals surface area (Å²) in [4.78, 5) is 0. The van der Waals surface area contributed by atoms with E-state index in [1.54, 1.807) is 12.1 Å². The van der Waals surface area contributed by atoms with E-state index in [9.17, 15) is 4.39 Å². The van der Waals surface area contributed by atoms with Gasteiger partial charge in [-0.25, -0.2) is 4.39 Å². The fraction of sp³-hybridized carbons (Fsp3) is 0.368. The molecule has 0 heterocycles. The molecule has 112 valence electrons. The van der Waals surface area contributed by atoms with Crippen LogP contribution in [0.2, 0.25) is 0 Å². The van der Waals surface area contributed by atoms with Crippen molar-refractivity contribution in [3.8, 4) is 0 Å². The molecule has 0 amide bonds. The third-order valence-corrected chi connectivity index (χ3v) is 3.76. The third kappa shape index (κ3) is 4.98. The number of hydrogen-bond acceptors (Lipinski definition) is 1. The Labute approximate surface area is 127 Å².